The summed E-state index contributed by atoms with van der Waals surface area (Å²) in [4.78, 5) is 26.3. The highest BCUT2D eigenvalue weighted by molar-refractivity contribution is 6.05. The number of aryl methyl sites for hydroxylation is 1. The molecule has 1 heterocycles. The van der Waals surface area contributed by atoms with Crippen molar-refractivity contribution < 1.29 is 23.6 Å². The zero-order valence-corrected chi connectivity index (χ0v) is 9.68. The van der Waals surface area contributed by atoms with E-state index >= 15 is 0 Å². The first kappa shape index (κ1) is 12.7. The monoisotopic (exact) mass is 265 g/mol. The number of hydrogen-bond donors (Lipinski definition) is 2. The predicted octanol–water partition coefficient (Wildman–Crippen LogP) is 1.47. The van der Waals surface area contributed by atoms with Crippen molar-refractivity contribution >= 4 is 17.6 Å². The van der Waals surface area contributed by atoms with Crippen molar-refractivity contribution in [2.24, 2.45) is 0 Å². The molecule has 0 aliphatic carbocycles. The number of rotatable bonds is 3. The standard InChI is InChI=1S/C11H8FN3O4/c1-5-13-9(15-19-5)10(16)14-7-4-2-3-6(12)8(7)11(17)18/h2-4H,1H3,(H,14,16)(H,17,18). The molecule has 0 fully saturated rings. The van der Waals surface area contributed by atoms with Gasteiger partial charge in [0.2, 0.25) is 5.89 Å². The fraction of sp³-hybridized carbons (Fsp3) is 0.0909. The maximum Gasteiger partial charge on any atom is 0.340 e. The molecule has 1 aromatic carbocycles. The summed E-state index contributed by atoms with van der Waals surface area (Å²) in [5, 5.41) is 14.5. The second-order valence-electron chi connectivity index (χ2n) is 3.56. The Hall–Kier alpha value is -2.77. The van der Waals surface area contributed by atoms with E-state index in [0.29, 0.717) is 0 Å². The lowest BCUT2D eigenvalue weighted by atomic mass is 10.1. The van der Waals surface area contributed by atoms with Crippen LogP contribution in [0.1, 0.15) is 26.9 Å². The minimum atomic E-state index is -1.49. The third-order valence-corrected chi connectivity index (χ3v) is 2.21. The molecule has 2 aromatic rings. The number of carbonyl (C=O) groups is 2. The molecule has 0 unspecified atom stereocenters. The Bertz CT molecular complexity index is 653. The van der Waals surface area contributed by atoms with Crippen molar-refractivity contribution in [1.29, 1.82) is 0 Å². The second-order valence-corrected chi connectivity index (χ2v) is 3.56. The third kappa shape index (κ3) is 2.57. The maximum atomic E-state index is 13.4. The SMILES string of the molecule is Cc1nc(C(=O)Nc2cccc(F)c2C(=O)O)no1. The van der Waals surface area contributed by atoms with Crippen LogP contribution in [0.2, 0.25) is 0 Å². The zero-order valence-electron chi connectivity index (χ0n) is 9.68. The number of carbonyl (C=O) groups excluding carboxylic acids is 1. The normalized spacial score (nSPS) is 10.2. The quantitative estimate of drug-likeness (QED) is 0.870. The summed E-state index contributed by atoms with van der Waals surface area (Å²) in [6.45, 7) is 1.49. The van der Waals surface area contributed by atoms with E-state index < -0.39 is 23.3 Å². The first-order valence-corrected chi connectivity index (χ1v) is 5.12. The lowest BCUT2D eigenvalue weighted by Gasteiger charge is -2.06. The van der Waals surface area contributed by atoms with E-state index in [1.165, 1.54) is 19.1 Å². The Morgan fingerprint density at radius 3 is 2.74 bits per heavy atom. The van der Waals surface area contributed by atoms with Crippen LogP contribution < -0.4 is 5.32 Å². The average Bonchev–Trinajstić information content (AvgIpc) is 2.75. The first-order valence-electron chi connectivity index (χ1n) is 5.12. The number of amides is 1. The van der Waals surface area contributed by atoms with Gasteiger partial charge in [-0.2, -0.15) is 4.98 Å². The van der Waals surface area contributed by atoms with Crippen LogP contribution in [-0.2, 0) is 0 Å². The van der Waals surface area contributed by atoms with E-state index in [1.807, 2.05) is 0 Å². The summed E-state index contributed by atoms with van der Waals surface area (Å²) >= 11 is 0. The highest BCUT2D eigenvalue weighted by Crippen LogP contribution is 2.19. The van der Waals surface area contributed by atoms with Crippen molar-refractivity contribution in [3.05, 3.63) is 41.3 Å². The molecule has 0 aliphatic rings. The second kappa shape index (κ2) is 4.84. The van der Waals surface area contributed by atoms with Crippen LogP contribution in [0.3, 0.4) is 0 Å². The molecule has 0 aliphatic heterocycles. The van der Waals surface area contributed by atoms with Crippen molar-refractivity contribution in [3.8, 4) is 0 Å². The van der Waals surface area contributed by atoms with E-state index in [9.17, 15) is 14.0 Å². The Labute approximate surface area is 106 Å². The van der Waals surface area contributed by atoms with Gasteiger partial charge in [-0.1, -0.05) is 11.2 Å². The van der Waals surface area contributed by atoms with Crippen LogP contribution in [0.4, 0.5) is 10.1 Å². The van der Waals surface area contributed by atoms with Gasteiger partial charge in [0.15, 0.2) is 0 Å². The van der Waals surface area contributed by atoms with Crippen LogP contribution in [0.15, 0.2) is 22.7 Å². The van der Waals surface area contributed by atoms with Gasteiger partial charge >= 0.3 is 5.97 Å². The number of carboxylic acids is 1. The van der Waals surface area contributed by atoms with Gasteiger partial charge in [-0.3, -0.25) is 4.79 Å². The number of benzene rings is 1. The van der Waals surface area contributed by atoms with Gasteiger partial charge in [-0.05, 0) is 12.1 Å². The molecule has 19 heavy (non-hydrogen) atoms. The van der Waals surface area contributed by atoms with E-state index in [0.717, 1.165) is 6.07 Å². The smallest absolute Gasteiger partial charge is 0.340 e. The molecule has 98 valence electrons. The predicted molar refractivity (Wildman–Crippen MR) is 60.3 cm³/mol. The zero-order chi connectivity index (χ0) is 14.0. The number of nitrogens with one attached hydrogen (secondary N) is 1. The Morgan fingerprint density at radius 2 is 2.16 bits per heavy atom. The molecule has 2 N–H and O–H groups in total. The van der Waals surface area contributed by atoms with Gasteiger partial charge < -0.3 is 14.9 Å². The number of nitrogens with zero attached hydrogens (tertiary/aromatic N) is 2. The third-order valence-electron chi connectivity index (χ3n) is 2.21. The summed E-state index contributed by atoms with van der Waals surface area (Å²) in [6.07, 6.45) is 0. The van der Waals surface area contributed by atoms with Gasteiger partial charge in [0.25, 0.3) is 11.7 Å². The topological polar surface area (TPSA) is 105 Å². The van der Waals surface area contributed by atoms with Crippen LogP contribution >= 0.6 is 0 Å². The van der Waals surface area contributed by atoms with Gasteiger partial charge in [0, 0.05) is 6.92 Å². The molecule has 1 aromatic heterocycles. The summed E-state index contributed by atoms with van der Waals surface area (Å²) < 4.78 is 18.0. The number of carboxylic acid groups (broad SMARTS) is 1. The first-order chi connectivity index (χ1) is 8.99. The largest absolute Gasteiger partial charge is 0.478 e. The lowest BCUT2D eigenvalue weighted by Crippen LogP contribution is -2.17. The molecule has 7 nitrogen and oxygen atoms in total. The molecule has 1 amide bonds. The molecule has 0 radical (unpaired) electrons. The number of halogens is 1. The van der Waals surface area contributed by atoms with Crippen molar-refractivity contribution in [2.75, 3.05) is 5.32 Å². The van der Waals surface area contributed by atoms with Crippen LogP contribution in [0, 0.1) is 12.7 Å². The molecule has 0 spiro atoms. The molecule has 0 saturated carbocycles. The minimum Gasteiger partial charge on any atom is -0.478 e. The van der Waals surface area contributed by atoms with Crippen molar-refractivity contribution in [2.45, 2.75) is 6.92 Å². The molecule has 8 heteroatoms. The fourth-order valence-electron chi connectivity index (χ4n) is 1.42. The Morgan fingerprint density at radius 1 is 1.42 bits per heavy atom. The molecule has 0 saturated heterocycles. The van der Waals surface area contributed by atoms with Gasteiger partial charge in [-0.15, -0.1) is 0 Å². The minimum absolute atomic E-state index is 0.181. The van der Waals surface area contributed by atoms with E-state index in [1.54, 1.807) is 0 Å². The summed E-state index contributed by atoms with van der Waals surface area (Å²) in [5.74, 6) is -3.31. The van der Waals surface area contributed by atoms with E-state index in [-0.39, 0.29) is 17.4 Å². The Balaban J connectivity index is 2.31. The van der Waals surface area contributed by atoms with Crippen LogP contribution in [0.5, 0.6) is 0 Å². The number of hydrogen-bond acceptors (Lipinski definition) is 5. The molecular weight excluding hydrogens is 257 g/mol. The van der Waals surface area contributed by atoms with Gasteiger partial charge in [-0.25, -0.2) is 9.18 Å². The molecule has 0 atom stereocenters. The number of anilines is 1. The summed E-state index contributed by atoms with van der Waals surface area (Å²) in [5.41, 5.74) is -0.809. The fourth-order valence-corrected chi connectivity index (χ4v) is 1.42. The van der Waals surface area contributed by atoms with Crippen LogP contribution in [-0.4, -0.2) is 27.1 Å². The average molecular weight is 265 g/mol. The Kier molecular flexibility index (Phi) is 3.23. The molecule has 0 bridgehead atoms. The van der Waals surface area contributed by atoms with Gasteiger partial charge in [0.1, 0.15) is 11.4 Å². The number of aromatic nitrogens is 2. The summed E-state index contributed by atoms with van der Waals surface area (Å²) in [7, 11) is 0. The van der Waals surface area contributed by atoms with E-state index in [4.69, 9.17) is 5.11 Å². The van der Waals surface area contributed by atoms with E-state index in [2.05, 4.69) is 20.0 Å². The highest BCUT2D eigenvalue weighted by Gasteiger charge is 2.20. The maximum absolute atomic E-state index is 13.4. The van der Waals surface area contributed by atoms with Crippen LogP contribution in [0.25, 0.3) is 0 Å². The molecule has 2 rings (SSSR count). The summed E-state index contributed by atoms with van der Waals surface area (Å²) in [6, 6.07) is 3.52. The van der Waals surface area contributed by atoms with Crippen molar-refractivity contribution in [1.82, 2.24) is 10.1 Å². The van der Waals surface area contributed by atoms with Gasteiger partial charge in [0.05, 0.1) is 5.69 Å². The van der Waals surface area contributed by atoms with Crippen molar-refractivity contribution in [3.63, 3.8) is 0 Å². The highest BCUT2D eigenvalue weighted by atomic mass is 19.1. The number of aromatic carboxylic acids is 1. The lowest BCUT2D eigenvalue weighted by molar-refractivity contribution is 0.0693. The molecular formula is C11H8FN3O4.